The summed E-state index contributed by atoms with van der Waals surface area (Å²) in [6, 6.07) is 1.60. The molecule has 1 aliphatic carbocycles. The maximum atomic E-state index is 12.9. The zero-order valence-electron chi connectivity index (χ0n) is 7.31. The predicted molar refractivity (Wildman–Crippen MR) is 54.0 cm³/mol. The normalized spacial score (nSPS) is 28.9. The van der Waals surface area contributed by atoms with Crippen LogP contribution in [0.3, 0.4) is 0 Å². The summed E-state index contributed by atoms with van der Waals surface area (Å²) in [7, 11) is 1.49. The molecule has 0 saturated heterocycles. The first-order valence-electron chi connectivity index (χ1n) is 3.91. The minimum Gasteiger partial charge on any atom is -0.486 e. The van der Waals surface area contributed by atoms with Crippen LogP contribution in [0.1, 0.15) is 11.3 Å². The monoisotopic (exact) mass is 283 g/mol. The van der Waals surface area contributed by atoms with Crippen molar-refractivity contribution in [2.24, 2.45) is 5.73 Å². The third kappa shape index (κ3) is 1.28. The molecule has 2 N–H and O–H groups in total. The third-order valence-electron chi connectivity index (χ3n) is 2.31. The van der Waals surface area contributed by atoms with Crippen LogP contribution in [-0.2, 0) is 5.54 Å². The van der Waals surface area contributed by atoms with E-state index >= 15 is 0 Å². The van der Waals surface area contributed by atoms with E-state index in [1.54, 1.807) is 6.07 Å². The van der Waals surface area contributed by atoms with Gasteiger partial charge in [0.2, 0.25) is 0 Å². The van der Waals surface area contributed by atoms with Crippen molar-refractivity contribution < 1.29 is 13.5 Å². The van der Waals surface area contributed by atoms with E-state index in [9.17, 15) is 8.78 Å². The van der Waals surface area contributed by atoms with Crippen LogP contribution in [0.4, 0.5) is 8.78 Å². The van der Waals surface area contributed by atoms with Crippen molar-refractivity contribution >= 4 is 27.3 Å². The Morgan fingerprint density at radius 1 is 1.64 bits per heavy atom. The average Bonchev–Trinajstić information content (AvgIpc) is 2.45. The molecule has 1 unspecified atom stereocenters. The highest BCUT2D eigenvalue weighted by atomic mass is 79.9. The summed E-state index contributed by atoms with van der Waals surface area (Å²) >= 11 is 4.38. The number of rotatable bonds is 2. The summed E-state index contributed by atoms with van der Waals surface area (Å²) in [6.07, 6.45) is -0.282. The molecule has 1 heterocycles. The Kier molecular flexibility index (Phi) is 2.14. The number of methoxy groups -OCH3 is 1. The molecule has 0 aliphatic heterocycles. The maximum Gasteiger partial charge on any atom is 0.273 e. The molecule has 14 heavy (non-hydrogen) atoms. The van der Waals surface area contributed by atoms with Crippen molar-refractivity contribution in [3.05, 3.63) is 15.4 Å². The quantitative estimate of drug-likeness (QED) is 0.906. The van der Waals surface area contributed by atoms with Crippen molar-refractivity contribution in [1.29, 1.82) is 0 Å². The van der Waals surface area contributed by atoms with Crippen LogP contribution in [0.2, 0.25) is 0 Å². The number of hydrogen-bond acceptors (Lipinski definition) is 3. The zero-order valence-corrected chi connectivity index (χ0v) is 9.71. The molecule has 1 saturated carbocycles. The molecule has 1 aromatic rings. The highest BCUT2D eigenvalue weighted by Gasteiger charge is 2.70. The number of halogens is 3. The van der Waals surface area contributed by atoms with Gasteiger partial charge in [-0.25, -0.2) is 8.78 Å². The van der Waals surface area contributed by atoms with Crippen LogP contribution in [0.5, 0.6) is 5.06 Å². The van der Waals surface area contributed by atoms with Gasteiger partial charge in [0.25, 0.3) is 5.92 Å². The summed E-state index contributed by atoms with van der Waals surface area (Å²) < 4.78 is 31.5. The van der Waals surface area contributed by atoms with Gasteiger partial charge in [-0.1, -0.05) is 0 Å². The second-order valence-electron chi connectivity index (χ2n) is 3.30. The third-order valence-corrected chi connectivity index (χ3v) is 4.43. The lowest BCUT2D eigenvalue weighted by atomic mass is 10.2. The van der Waals surface area contributed by atoms with Crippen LogP contribution in [-0.4, -0.2) is 13.0 Å². The van der Waals surface area contributed by atoms with Gasteiger partial charge in [-0.05, 0) is 22.0 Å². The van der Waals surface area contributed by atoms with Crippen LogP contribution in [0.15, 0.2) is 10.5 Å². The molecular formula is C8H8BrF2NOS. The standard InChI is InChI=1S/C8H8BrF2NOS/c1-13-6-4(9)2-5(14-6)7(12)3-8(7,10)11/h2H,3,12H2,1H3. The molecule has 1 aliphatic rings. The highest BCUT2D eigenvalue weighted by Crippen LogP contribution is 2.60. The van der Waals surface area contributed by atoms with Crippen LogP contribution in [0.25, 0.3) is 0 Å². The Morgan fingerprint density at radius 2 is 2.21 bits per heavy atom. The van der Waals surface area contributed by atoms with E-state index in [1.165, 1.54) is 7.11 Å². The zero-order chi connectivity index (χ0) is 10.6. The summed E-state index contributed by atoms with van der Waals surface area (Å²) in [5, 5.41) is 0.576. The molecular weight excluding hydrogens is 276 g/mol. The fraction of sp³-hybridized carbons (Fsp3) is 0.500. The van der Waals surface area contributed by atoms with E-state index in [1.807, 2.05) is 0 Å². The van der Waals surface area contributed by atoms with Crippen LogP contribution in [0, 0.1) is 0 Å². The molecule has 2 nitrogen and oxygen atoms in total. The molecule has 0 radical (unpaired) electrons. The van der Waals surface area contributed by atoms with E-state index in [4.69, 9.17) is 10.5 Å². The van der Waals surface area contributed by atoms with Gasteiger partial charge in [-0.2, -0.15) is 0 Å². The molecule has 0 aromatic carbocycles. The van der Waals surface area contributed by atoms with Crippen molar-refractivity contribution in [1.82, 2.24) is 0 Å². The minimum atomic E-state index is -2.78. The molecule has 1 aromatic heterocycles. The minimum absolute atomic E-state index is 0.282. The molecule has 1 fully saturated rings. The second-order valence-corrected chi connectivity index (χ2v) is 5.17. The van der Waals surface area contributed by atoms with Crippen molar-refractivity contribution in [3.63, 3.8) is 0 Å². The largest absolute Gasteiger partial charge is 0.486 e. The topological polar surface area (TPSA) is 35.2 Å². The fourth-order valence-corrected chi connectivity index (χ4v) is 3.09. The van der Waals surface area contributed by atoms with E-state index in [0.29, 0.717) is 14.4 Å². The summed E-state index contributed by atoms with van der Waals surface area (Å²) in [5.41, 5.74) is 4.09. The Hall–Kier alpha value is -0.200. The van der Waals surface area contributed by atoms with Crippen molar-refractivity contribution in [2.45, 2.75) is 17.9 Å². The lowest BCUT2D eigenvalue weighted by Gasteiger charge is -2.05. The summed E-state index contributed by atoms with van der Waals surface area (Å²) in [5.74, 6) is -2.78. The highest BCUT2D eigenvalue weighted by molar-refractivity contribution is 9.10. The lowest BCUT2D eigenvalue weighted by Crippen LogP contribution is -2.25. The predicted octanol–water partition coefficient (Wildman–Crippen LogP) is 2.71. The van der Waals surface area contributed by atoms with Crippen molar-refractivity contribution in [3.8, 4) is 5.06 Å². The van der Waals surface area contributed by atoms with Gasteiger partial charge < -0.3 is 10.5 Å². The first kappa shape index (κ1) is 10.3. The second kappa shape index (κ2) is 2.90. The van der Waals surface area contributed by atoms with Gasteiger partial charge in [0.15, 0.2) is 5.06 Å². The van der Waals surface area contributed by atoms with E-state index < -0.39 is 11.5 Å². The van der Waals surface area contributed by atoms with E-state index in [-0.39, 0.29) is 6.42 Å². The Labute approximate surface area is 92.2 Å². The van der Waals surface area contributed by atoms with E-state index in [0.717, 1.165) is 11.3 Å². The molecule has 2 rings (SSSR count). The first-order valence-corrected chi connectivity index (χ1v) is 5.52. The average molecular weight is 284 g/mol. The first-order chi connectivity index (χ1) is 6.40. The number of hydrogen-bond donors (Lipinski definition) is 1. The fourth-order valence-electron chi connectivity index (χ4n) is 1.28. The van der Waals surface area contributed by atoms with Crippen molar-refractivity contribution in [2.75, 3.05) is 7.11 Å². The van der Waals surface area contributed by atoms with Gasteiger partial charge in [-0.15, -0.1) is 11.3 Å². The molecule has 78 valence electrons. The van der Waals surface area contributed by atoms with Gasteiger partial charge in [-0.3, -0.25) is 0 Å². The van der Waals surface area contributed by atoms with Gasteiger partial charge in [0.05, 0.1) is 11.6 Å². The van der Waals surface area contributed by atoms with Gasteiger partial charge >= 0.3 is 0 Å². The molecule has 0 bridgehead atoms. The number of thiophene rings is 1. The van der Waals surface area contributed by atoms with Gasteiger partial charge in [0, 0.05) is 11.3 Å². The number of alkyl halides is 2. The molecule has 0 spiro atoms. The molecule has 0 amide bonds. The Bertz CT molecular complexity index is 381. The lowest BCUT2D eigenvalue weighted by molar-refractivity contribution is 0.0899. The van der Waals surface area contributed by atoms with Gasteiger partial charge in [0.1, 0.15) is 5.54 Å². The molecule has 1 atom stereocenters. The van der Waals surface area contributed by atoms with E-state index in [2.05, 4.69) is 15.9 Å². The van der Waals surface area contributed by atoms with Crippen LogP contribution >= 0.6 is 27.3 Å². The number of ether oxygens (including phenoxy) is 1. The summed E-state index contributed by atoms with van der Waals surface area (Å²) in [6.45, 7) is 0. The number of nitrogens with two attached hydrogens (primary N) is 1. The maximum absolute atomic E-state index is 12.9. The smallest absolute Gasteiger partial charge is 0.273 e. The summed E-state index contributed by atoms with van der Waals surface area (Å²) in [4.78, 5) is 0.464. The Balaban J connectivity index is 2.35. The van der Waals surface area contributed by atoms with Crippen LogP contribution < -0.4 is 10.5 Å². The SMILES string of the molecule is COc1sc(C2(N)CC2(F)F)cc1Br. The molecule has 6 heteroatoms. The Morgan fingerprint density at radius 3 is 2.57 bits per heavy atom.